The Morgan fingerprint density at radius 2 is 1.57 bits per heavy atom. The Labute approximate surface area is 124 Å². The summed E-state index contributed by atoms with van der Waals surface area (Å²) in [6.45, 7) is 0.600. The van der Waals surface area contributed by atoms with E-state index in [-0.39, 0.29) is 5.78 Å². The molecule has 0 aliphatic rings. The number of rotatable bonds is 6. The summed E-state index contributed by atoms with van der Waals surface area (Å²) in [6.07, 6.45) is 0.810. The van der Waals surface area contributed by atoms with Crippen molar-refractivity contribution in [3.63, 3.8) is 0 Å². The second-order valence-corrected chi connectivity index (χ2v) is 4.63. The molecule has 2 aromatic rings. The molecular formula is C17H19NO3. The predicted octanol–water partition coefficient (Wildman–Crippen LogP) is 2.44. The van der Waals surface area contributed by atoms with Gasteiger partial charge in [0.1, 0.15) is 0 Å². The summed E-state index contributed by atoms with van der Waals surface area (Å²) in [4.78, 5) is 12.5. The van der Waals surface area contributed by atoms with Crippen molar-refractivity contribution in [2.75, 3.05) is 20.8 Å². The fourth-order valence-electron chi connectivity index (χ4n) is 2.13. The summed E-state index contributed by atoms with van der Waals surface area (Å²) in [5, 5.41) is 0. The molecule has 0 radical (unpaired) electrons. The molecule has 0 bridgehead atoms. The van der Waals surface area contributed by atoms with Crippen LogP contribution in [-0.4, -0.2) is 26.5 Å². The molecule has 0 saturated heterocycles. The molecule has 4 heteroatoms. The second kappa shape index (κ2) is 6.90. The minimum absolute atomic E-state index is 0.0461. The van der Waals surface area contributed by atoms with Crippen LogP contribution >= 0.6 is 0 Å². The van der Waals surface area contributed by atoms with Crippen molar-refractivity contribution in [3.05, 3.63) is 59.2 Å². The van der Waals surface area contributed by atoms with Crippen LogP contribution < -0.4 is 15.2 Å². The van der Waals surface area contributed by atoms with Gasteiger partial charge in [-0.1, -0.05) is 24.3 Å². The van der Waals surface area contributed by atoms with E-state index in [2.05, 4.69) is 0 Å². The summed E-state index contributed by atoms with van der Waals surface area (Å²) < 4.78 is 10.4. The van der Waals surface area contributed by atoms with Gasteiger partial charge in [0.15, 0.2) is 17.3 Å². The number of carbonyl (C=O) groups excluding carboxylic acids is 1. The van der Waals surface area contributed by atoms with Gasteiger partial charge in [-0.05, 0) is 36.7 Å². The van der Waals surface area contributed by atoms with Gasteiger partial charge in [0, 0.05) is 11.1 Å². The summed E-state index contributed by atoms with van der Waals surface area (Å²) in [7, 11) is 3.11. The molecule has 2 rings (SSSR count). The Kier molecular flexibility index (Phi) is 4.95. The predicted molar refractivity (Wildman–Crippen MR) is 82.2 cm³/mol. The third kappa shape index (κ3) is 3.41. The maximum atomic E-state index is 12.5. The van der Waals surface area contributed by atoms with Crippen molar-refractivity contribution in [3.8, 4) is 11.5 Å². The monoisotopic (exact) mass is 285 g/mol. The van der Waals surface area contributed by atoms with Crippen LogP contribution in [0.5, 0.6) is 11.5 Å². The van der Waals surface area contributed by atoms with Gasteiger partial charge in [0.05, 0.1) is 14.2 Å². The lowest BCUT2D eigenvalue weighted by Crippen LogP contribution is -2.05. The zero-order valence-corrected chi connectivity index (χ0v) is 12.3. The molecule has 2 N–H and O–H groups in total. The molecular weight excluding hydrogens is 266 g/mol. The summed E-state index contributed by atoms with van der Waals surface area (Å²) in [5.41, 5.74) is 7.85. The molecule has 4 nitrogen and oxygen atoms in total. The van der Waals surface area contributed by atoms with Crippen LogP contribution in [0, 0.1) is 0 Å². The maximum Gasteiger partial charge on any atom is 0.193 e. The molecule has 0 amide bonds. The van der Waals surface area contributed by atoms with Gasteiger partial charge in [-0.2, -0.15) is 0 Å². The largest absolute Gasteiger partial charge is 0.493 e. The number of methoxy groups -OCH3 is 2. The standard InChI is InChI=1S/C17H19NO3/c1-20-15-8-7-14(11-16(15)21-2)17(19)13-5-3-12(4-6-13)9-10-18/h3-8,11H,9-10,18H2,1-2H3. The molecule has 0 fully saturated rings. The van der Waals surface area contributed by atoms with Crippen molar-refractivity contribution in [2.24, 2.45) is 5.73 Å². The Balaban J connectivity index is 2.27. The number of carbonyl (C=O) groups is 1. The average molecular weight is 285 g/mol. The van der Waals surface area contributed by atoms with Gasteiger partial charge >= 0.3 is 0 Å². The highest BCUT2D eigenvalue weighted by atomic mass is 16.5. The van der Waals surface area contributed by atoms with Crippen LogP contribution in [0.15, 0.2) is 42.5 Å². The maximum absolute atomic E-state index is 12.5. The van der Waals surface area contributed by atoms with E-state index >= 15 is 0 Å². The number of ketones is 1. The van der Waals surface area contributed by atoms with Crippen molar-refractivity contribution >= 4 is 5.78 Å². The third-order valence-electron chi connectivity index (χ3n) is 3.29. The summed E-state index contributed by atoms with van der Waals surface area (Å²) in [6, 6.07) is 12.7. The van der Waals surface area contributed by atoms with E-state index in [1.54, 1.807) is 32.4 Å². The van der Waals surface area contributed by atoms with E-state index in [0.717, 1.165) is 12.0 Å². The minimum Gasteiger partial charge on any atom is -0.493 e. The Hall–Kier alpha value is -2.33. The van der Waals surface area contributed by atoms with Crippen molar-refractivity contribution in [2.45, 2.75) is 6.42 Å². The van der Waals surface area contributed by atoms with E-state index in [1.807, 2.05) is 24.3 Å². The Morgan fingerprint density at radius 3 is 2.14 bits per heavy atom. The van der Waals surface area contributed by atoms with Crippen LogP contribution in [0.1, 0.15) is 21.5 Å². The smallest absolute Gasteiger partial charge is 0.193 e. The molecule has 0 aromatic heterocycles. The Bertz CT molecular complexity index is 620. The highest BCUT2D eigenvalue weighted by Gasteiger charge is 2.12. The van der Waals surface area contributed by atoms with Crippen LogP contribution in [0.25, 0.3) is 0 Å². The summed E-state index contributed by atoms with van der Waals surface area (Å²) >= 11 is 0. The van der Waals surface area contributed by atoms with Gasteiger partial charge in [-0.25, -0.2) is 0 Å². The van der Waals surface area contributed by atoms with Crippen LogP contribution in [0.2, 0.25) is 0 Å². The molecule has 0 aliphatic carbocycles. The fraction of sp³-hybridized carbons (Fsp3) is 0.235. The fourth-order valence-corrected chi connectivity index (χ4v) is 2.13. The number of nitrogens with two attached hydrogens (primary N) is 1. The van der Waals surface area contributed by atoms with E-state index in [1.165, 1.54) is 0 Å². The molecule has 2 aromatic carbocycles. The highest BCUT2D eigenvalue weighted by molar-refractivity contribution is 6.09. The zero-order chi connectivity index (χ0) is 15.2. The van der Waals surface area contributed by atoms with Gasteiger partial charge < -0.3 is 15.2 Å². The zero-order valence-electron chi connectivity index (χ0n) is 12.3. The van der Waals surface area contributed by atoms with Crippen molar-refractivity contribution < 1.29 is 14.3 Å². The number of hydrogen-bond donors (Lipinski definition) is 1. The molecule has 110 valence electrons. The Morgan fingerprint density at radius 1 is 0.952 bits per heavy atom. The van der Waals surface area contributed by atoms with E-state index in [9.17, 15) is 4.79 Å². The van der Waals surface area contributed by atoms with Gasteiger partial charge in [0.2, 0.25) is 0 Å². The van der Waals surface area contributed by atoms with E-state index in [0.29, 0.717) is 29.2 Å². The SMILES string of the molecule is COc1ccc(C(=O)c2ccc(CCN)cc2)cc1OC. The molecule has 0 aliphatic heterocycles. The number of benzene rings is 2. The molecule has 0 heterocycles. The van der Waals surface area contributed by atoms with Gasteiger partial charge in [-0.3, -0.25) is 4.79 Å². The quantitative estimate of drug-likeness (QED) is 0.828. The summed E-state index contributed by atoms with van der Waals surface area (Å²) in [5.74, 6) is 1.10. The first-order valence-electron chi connectivity index (χ1n) is 6.75. The first-order valence-corrected chi connectivity index (χ1v) is 6.75. The van der Waals surface area contributed by atoms with E-state index < -0.39 is 0 Å². The van der Waals surface area contributed by atoms with Crippen LogP contribution in [-0.2, 0) is 6.42 Å². The van der Waals surface area contributed by atoms with Crippen molar-refractivity contribution in [1.29, 1.82) is 0 Å². The molecule has 0 spiro atoms. The van der Waals surface area contributed by atoms with Crippen LogP contribution in [0.3, 0.4) is 0 Å². The lowest BCUT2D eigenvalue weighted by atomic mass is 10.0. The molecule has 0 atom stereocenters. The molecule has 0 saturated carbocycles. The van der Waals surface area contributed by atoms with Gasteiger partial charge in [0.25, 0.3) is 0 Å². The lowest BCUT2D eigenvalue weighted by molar-refractivity contribution is 0.103. The topological polar surface area (TPSA) is 61.5 Å². The second-order valence-electron chi connectivity index (χ2n) is 4.63. The normalized spacial score (nSPS) is 10.2. The number of hydrogen-bond acceptors (Lipinski definition) is 4. The number of ether oxygens (including phenoxy) is 2. The van der Waals surface area contributed by atoms with Gasteiger partial charge in [-0.15, -0.1) is 0 Å². The van der Waals surface area contributed by atoms with Crippen LogP contribution in [0.4, 0.5) is 0 Å². The van der Waals surface area contributed by atoms with E-state index in [4.69, 9.17) is 15.2 Å². The average Bonchev–Trinajstić information content (AvgIpc) is 2.54. The minimum atomic E-state index is -0.0461. The molecule has 21 heavy (non-hydrogen) atoms. The molecule has 0 unspecified atom stereocenters. The first-order chi connectivity index (χ1) is 10.2. The lowest BCUT2D eigenvalue weighted by Gasteiger charge is -2.09. The third-order valence-corrected chi connectivity index (χ3v) is 3.29. The highest BCUT2D eigenvalue weighted by Crippen LogP contribution is 2.28. The van der Waals surface area contributed by atoms with Crippen molar-refractivity contribution in [1.82, 2.24) is 0 Å². The first kappa shape index (κ1) is 15.1.